The van der Waals surface area contributed by atoms with Crippen molar-refractivity contribution in [2.45, 2.75) is 0 Å². The number of nitrogens with zero attached hydrogens (tertiary/aromatic N) is 2. The highest BCUT2D eigenvalue weighted by molar-refractivity contribution is 6.07. The van der Waals surface area contributed by atoms with E-state index in [1.165, 1.54) is 12.1 Å². The van der Waals surface area contributed by atoms with Crippen LogP contribution in [0.25, 0.3) is 0 Å². The molecule has 0 unspecified atom stereocenters. The van der Waals surface area contributed by atoms with Crippen LogP contribution >= 0.6 is 0 Å². The van der Waals surface area contributed by atoms with E-state index in [1.807, 2.05) is 19.0 Å². The maximum absolute atomic E-state index is 12.9. The van der Waals surface area contributed by atoms with Gasteiger partial charge in [0.05, 0.1) is 17.4 Å². The molecule has 2 aromatic rings. The first-order chi connectivity index (χ1) is 9.47. The lowest BCUT2D eigenvalue weighted by Crippen LogP contribution is -2.15. The molecule has 0 bridgehead atoms. The van der Waals surface area contributed by atoms with E-state index >= 15 is 0 Å². The second-order valence-electron chi connectivity index (χ2n) is 4.49. The Morgan fingerprint density at radius 2 is 2.05 bits per heavy atom. The molecule has 0 spiro atoms. The van der Waals surface area contributed by atoms with Crippen molar-refractivity contribution >= 4 is 23.1 Å². The molecule has 0 aliphatic rings. The van der Waals surface area contributed by atoms with Crippen molar-refractivity contribution in [3.63, 3.8) is 0 Å². The third kappa shape index (κ3) is 3.03. The summed E-state index contributed by atoms with van der Waals surface area (Å²) in [6, 6.07) is 7.17. The molecule has 5 nitrogen and oxygen atoms in total. The van der Waals surface area contributed by atoms with E-state index in [9.17, 15) is 9.18 Å². The van der Waals surface area contributed by atoms with E-state index in [4.69, 9.17) is 5.73 Å². The van der Waals surface area contributed by atoms with Gasteiger partial charge in [-0.15, -0.1) is 0 Å². The Hall–Kier alpha value is -2.63. The Bertz CT molecular complexity index is 626. The first-order valence-corrected chi connectivity index (χ1v) is 5.97. The third-order valence-corrected chi connectivity index (χ3v) is 2.72. The summed E-state index contributed by atoms with van der Waals surface area (Å²) in [7, 11) is 3.75. The zero-order valence-corrected chi connectivity index (χ0v) is 11.2. The molecule has 0 radical (unpaired) electrons. The van der Waals surface area contributed by atoms with Gasteiger partial charge in [-0.05, 0) is 30.3 Å². The van der Waals surface area contributed by atoms with Gasteiger partial charge in [-0.3, -0.25) is 4.79 Å². The lowest BCUT2D eigenvalue weighted by molar-refractivity contribution is 0.102. The maximum Gasteiger partial charge on any atom is 0.257 e. The van der Waals surface area contributed by atoms with Crippen LogP contribution in [0.15, 0.2) is 36.5 Å². The highest BCUT2D eigenvalue weighted by Crippen LogP contribution is 2.17. The van der Waals surface area contributed by atoms with Crippen molar-refractivity contribution in [1.82, 2.24) is 4.98 Å². The minimum Gasteiger partial charge on any atom is -0.398 e. The number of halogens is 1. The van der Waals surface area contributed by atoms with E-state index in [1.54, 1.807) is 18.3 Å². The van der Waals surface area contributed by atoms with Gasteiger partial charge >= 0.3 is 0 Å². The first kappa shape index (κ1) is 13.8. The number of carbonyl (C=O) groups is 1. The van der Waals surface area contributed by atoms with Crippen LogP contribution in [0.2, 0.25) is 0 Å². The second-order valence-corrected chi connectivity index (χ2v) is 4.49. The van der Waals surface area contributed by atoms with Gasteiger partial charge in [0.1, 0.15) is 11.6 Å². The summed E-state index contributed by atoms with van der Waals surface area (Å²) in [5.41, 5.74) is 6.48. The fraction of sp³-hybridized carbons (Fsp3) is 0.143. The van der Waals surface area contributed by atoms with Crippen LogP contribution in [0.4, 0.5) is 21.6 Å². The van der Waals surface area contributed by atoms with Crippen molar-refractivity contribution in [2.75, 3.05) is 30.0 Å². The molecule has 3 N–H and O–H groups in total. The number of nitrogen functional groups attached to an aromatic ring is 1. The Kier molecular flexibility index (Phi) is 3.84. The standard InChI is InChI=1S/C14H15FN4O/c1-19(2)13-6-4-10(8-17-13)18-14(20)11-5-3-9(15)7-12(11)16/h3-8H,16H2,1-2H3,(H,18,20). The molecule has 1 aromatic heterocycles. The number of rotatable bonds is 3. The molecule has 0 saturated heterocycles. The van der Waals surface area contributed by atoms with Crippen LogP contribution in [-0.4, -0.2) is 25.0 Å². The van der Waals surface area contributed by atoms with Crippen molar-refractivity contribution < 1.29 is 9.18 Å². The monoisotopic (exact) mass is 274 g/mol. The number of aromatic nitrogens is 1. The number of nitrogens with two attached hydrogens (primary N) is 1. The minimum absolute atomic E-state index is 0.0976. The van der Waals surface area contributed by atoms with Gasteiger partial charge in [0.25, 0.3) is 5.91 Å². The van der Waals surface area contributed by atoms with Gasteiger partial charge in [0.15, 0.2) is 0 Å². The summed E-state index contributed by atoms with van der Waals surface area (Å²) in [5, 5.41) is 2.66. The highest BCUT2D eigenvalue weighted by Gasteiger charge is 2.11. The highest BCUT2D eigenvalue weighted by atomic mass is 19.1. The van der Waals surface area contributed by atoms with Crippen LogP contribution in [0.3, 0.4) is 0 Å². The van der Waals surface area contributed by atoms with Gasteiger partial charge in [-0.2, -0.15) is 0 Å². The van der Waals surface area contributed by atoms with Crippen LogP contribution in [-0.2, 0) is 0 Å². The number of anilines is 3. The predicted octanol–water partition coefficient (Wildman–Crippen LogP) is 2.12. The molecule has 20 heavy (non-hydrogen) atoms. The number of pyridine rings is 1. The number of benzene rings is 1. The molecule has 1 aromatic carbocycles. The van der Waals surface area contributed by atoms with Crippen molar-refractivity contribution in [3.8, 4) is 0 Å². The Morgan fingerprint density at radius 1 is 1.30 bits per heavy atom. The molecule has 2 rings (SSSR count). The zero-order chi connectivity index (χ0) is 14.7. The average Bonchev–Trinajstić information content (AvgIpc) is 2.39. The fourth-order valence-electron chi connectivity index (χ4n) is 1.66. The zero-order valence-electron chi connectivity index (χ0n) is 11.2. The topological polar surface area (TPSA) is 71.2 Å². The number of hydrogen-bond donors (Lipinski definition) is 2. The van der Waals surface area contributed by atoms with Gasteiger partial charge < -0.3 is 16.0 Å². The van der Waals surface area contributed by atoms with E-state index < -0.39 is 11.7 Å². The van der Waals surface area contributed by atoms with E-state index in [0.717, 1.165) is 11.9 Å². The smallest absolute Gasteiger partial charge is 0.257 e. The van der Waals surface area contributed by atoms with Gasteiger partial charge in [0.2, 0.25) is 0 Å². The second kappa shape index (κ2) is 5.56. The molecule has 6 heteroatoms. The molecular formula is C14H15FN4O. The SMILES string of the molecule is CN(C)c1ccc(NC(=O)c2ccc(F)cc2N)cn1. The van der Waals surface area contributed by atoms with Crippen LogP contribution in [0, 0.1) is 5.82 Å². The first-order valence-electron chi connectivity index (χ1n) is 5.97. The van der Waals surface area contributed by atoms with E-state index in [-0.39, 0.29) is 11.3 Å². The van der Waals surface area contributed by atoms with Crippen LogP contribution in [0.1, 0.15) is 10.4 Å². The molecule has 1 heterocycles. The Balaban J connectivity index is 2.15. The van der Waals surface area contributed by atoms with Gasteiger partial charge in [0, 0.05) is 19.8 Å². The molecule has 0 atom stereocenters. The Morgan fingerprint density at radius 3 is 2.60 bits per heavy atom. The summed E-state index contributed by atoms with van der Waals surface area (Å²) in [5.74, 6) is -0.0951. The number of carbonyl (C=O) groups excluding carboxylic acids is 1. The van der Waals surface area contributed by atoms with E-state index in [0.29, 0.717) is 5.69 Å². The van der Waals surface area contributed by atoms with Crippen molar-refractivity contribution in [1.29, 1.82) is 0 Å². The van der Waals surface area contributed by atoms with Crippen LogP contribution < -0.4 is 16.0 Å². The summed E-state index contributed by atoms with van der Waals surface area (Å²) >= 11 is 0. The Labute approximate surface area is 116 Å². The fourth-order valence-corrected chi connectivity index (χ4v) is 1.66. The van der Waals surface area contributed by atoms with E-state index in [2.05, 4.69) is 10.3 Å². The molecule has 0 fully saturated rings. The summed E-state index contributed by atoms with van der Waals surface area (Å²) in [4.78, 5) is 18.0. The molecular weight excluding hydrogens is 259 g/mol. The predicted molar refractivity (Wildman–Crippen MR) is 77.3 cm³/mol. The minimum atomic E-state index is -0.476. The summed E-state index contributed by atoms with van der Waals surface area (Å²) in [6.45, 7) is 0. The molecule has 104 valence electrons. The molecule has 1 amide bonds. The normalized spacial score (nSPS) is 10.2. The van der Waals surface area contributed by atoms with Gasteiger partial charge in [-0.1, -0.05) is 0 Å². The summed E-state index contributed by atoms with van der Waals surface area (Å²) < 4.78 is 12.9. The quantitative estimate of drug-likeness (QED) is 0.841. The van der Waals surface area contributed by atoms with Crippen molar-refractivity contribution in [2.24, 2.45) is 0 Å². The number of hydrogen-bond acceptors (Lipinski definition) is 4. The van der Waals surface area contributed by atoms with Gasteiger partial charge in [-0.25, -0.2) is 9.37 Å². The molecule has 0 saturated carbocycles. The average molecular weight is 274 g/mol. The summed E-state index contributed by atoms with van der Waals surface area (Å²) in [6.07, 6.45) is 1.55. The lowest BCUT2D eigenvalue weighted by Gasteiger charge is -2.12. The lowest BCUT2D eigenvalue weighted by atomic mass is 10.1. The number of amides is 1. The molecule has 0 aliphatic carbocycles. The maximum atomic E-state index is 12.9. The largest absolute Gasteiger partial charge is 0.398 e. The third-order valence-electron chi connectivity index (χ3n) is 2.72. The van der Waals surface area contributed by atoms with Crippen molar-refractivity contribution in [3.05, 3.63) is 47.9 Å². The number of nitrogens with one attached hydrogen (secondary N) is 1. The molecule has 0 aliphatic heterocycles. The van der Waals surface area contributed by atoms with Crippen LogP contribution in [0.5, 0.6) is 0 Å².